The topological polar surface area (TPSA) is 34.9 Å². The molecule has 3 heteroatoms. The van der Waals surface area contributed by atoms with Crippen LogP contribution in [0.1, 0.15) is 80.1 Å². The van der Waals surface area contributed by atoms with Crippen molar-refractivity contribution in [1.82, 2.24) is 9.55 Å². The van der Waals surface area contributed by atoms with Gasteiger partial charge in [0, 0.05) is 36.3 Å². The minimum Gasteiger partial charge on any atom is -0.316 e. The summed E-state index contributed by atoms with van der Waals surface area (Å²) in [7, 11) is 0. The normalized spacial score (nSPS) is 22.6. The zero-order valence-electron chi connectivity index (χ0n) is 22.5. The molecule has 2 unspecified atom stereocenters. The fraction of sp³-hybridized carbons (Fsp3) is 0.429. The molecule has 2 aliphatic rings. The standard InChI is InChI=1S/C35H40N2O/c38-35(31-16-13-28-19-22-37(34(28)25-31)32-17-20-36-21-18-32)12-5-4-9-27-23-29-14-15-30(24-27)33(29)11-6-10-26-7-2-1-3-8-26/h1-3,7-8,13,16-22,25,27,29-30,33H,4-6,9-12,14-15,23-24H2/t27?,29-,30+,33?. The number of Topliss-reactive ketones (excluding diaryl/α,β-unsaturated/α-hetero) is 1. The lowest BCUT2D eigenvalue weighted by Crippen LogP contribution is -2.26. The van der Waals surface area contributed by atoms with Crippen molar-refractivity contribution in [2.45, 2.75) is 70.6 Å². The van der Waals surface area contributed by atoms with Crippen molar-refractivity contribution in [3.05, 3.63) is 96.4 Å². The summed E-state index contributed by atoms with van der Waals surface area (Å²) in [6.07, 6.45) is 19.6. The number of hydrogen-bond donors (Lipinski definition) is 0. The Labute approximate surface area is 227 Å². The Morgan fingerprint density at radius 3 is 2.42 bits per heavy atom. The molecule has 4 aromatic rings. The van der Waals surface area contributed by atoms with Crippen LogP contribution in [-0.2, 0) is 6.42 Å². The van der Waals surface area contributed by atoms with Crippen molar-refractivity contribution in [2.24, 2.45) is 23.7 Å². The van der Waals surface area contributed by atoms with Crippen LogP contribution < -0.4 is 0 Å². The van der Waals surface area contributed by atoms with Crippen LogP contribution in [0.4, 0.5) is 0 Å². The van der Waals surface area contributed by atoms with Gasteiger partial charge in [-0.15, -0.1) is 0 Å². The van der Waals surface area contributed by atoms with E-state index in [0.29, 0.717) is 6.42 Å². The number of carbonyl (C=O) groups is 1. The Hall–Kier alpha value is -3.20. The zero-order chi connectivity index (χ0) is 25.7. The molecule has 2 aromatic carbocycles. The quantitative estimate of drug-likeness (QED) is 0.151. The summed E-state index contributed by atoms with van der Waals surface area (Å²) in [6, 6.07) is 23.2. The molecule has 2 aliphatic carbocycles. The maximum atomic E-state index is 13.0. The number of rotatable bonds is 11. The summed E-state index contributed by atoms with van der Waals surface area (Å²) < 4.78 is 2.14. The average Bonchev–Trinajstić information content (AvgIpc) is 3.48. The van der Waals surface area contributed by atoms with E-state index in [-0.39, 0.29) is 5.78 Å². The van der Waals surface area contributed by atoms with Crippen molar-refractivity contribution in [3.8, 4) is 5.69 Å². The molecule has 196 valence electrons. The van der Waals surface area contributed by atoms with Crippen molar-refractivity contribution in [1.29, 1.82) is 0 Å². The maximum absolute atomic E-state index is 13.0. The molecular weight excluding hydrogens is 464 g/mol. The lowest BCUT2D eigenvalue weighted by atomic mass is 9.70. The number of aryl methyl sites for hydroxylation is 1. The van der Waals surface area contributed by atoms with E-state index in [2.05, 4.69) is 64.3 Å². The summed E-state index contributed by atoms with van der Waals surface area (Å²) in [4.78, 5) is 17.2. The van der Waals surface area contributed by atoms with Gasteiger partial charge in [0.05, 0.1) is 5.52 Å². The van der Waals surface area contributed by atoms with E-state index in [1.165, 1.54) is 63.4 Å². The van der Waals surface area contributed by atoms with Crippen LogP contribution in [-0.4, -0.2) is 15.3 Å². The van der Waals surface area contributed by atoms with Crippen molar-refractivity contribution in [3.63, 3.8) is 0 Å². The number of aromatic nitrogens is 2. The first-order chi connectivity index (χ1) is 18.7. The molecular formula is C35H40N2O. The second-order valence-corrected chi connectivity index (χ2v) is 11.8. The number of fused-ring (bicyclic) bond motifs is 3. The van der Waals surface area contributed by atoms with Gasteiger partial charge in [-0.25, -0.2) is 0 Å². The lowest BCUT2D eigenvalue weighted by Gasteiger charge is -2.35. The molecule has 2 bridgehead atoms. The van der Waals surface area contributed by atoms with Gasteiger partial charge in [0.2, 0.25) is 0 Å². The van der Waals surface area contributed by atoms with E-state index < -0.39 is 0 Å². The van der Waals surface area contributed by atoms with Crippen molar-refractivity contribution < 1.29 is 4.79 Å². The average molecular weight is 505 g/mol. The highest BCUT2D eigenvalue weighted by atomic mass is 16.1. The summed E-state index contributed by atoms with van der Waals surface area (Å²) in [6.45, 7) is 0. The summed E-state index contributed by atoms with van der Waals surface area (Å²) in [5.74, 6) is 4.04. The monoisotopic (exact) mass is 504 g/mol. The lowest BCUT2D eigenvalue weighted by molar-refractivity contribution is 0.0976. The third kappa shape index (κ3) is 5.62. The Morgan fingerprint density at radius 1 is 0.842 bits per heavy atom. The van der Waals surface area contributed by atoms with Gasteiger partial charge in [-0.1, -0.05) is 55.3 Å². The highest BCUT2D eigenvalue weighted by Crippen LogP contribution is 2.51. The largest absolute Gasteiger partial charge is 0.316 e. The Kier molecular flexibility index (Phi) is 7.71. The summed E-state index contributed by atoms with van der Waals surface area (Å²) >= 11 is 0. The van der Waals surface area contributed by atoms with Crippen LogP contribution in [0.5, 0.6) is 0 Å². The van der Waals surface area contributed by atoms with Crippen LogP contribution in [0.3, 0.4) is 0 Å². The molecule has 0 amide bonds. The Bertz CT molecular complexity index is 1330. The number of benzene rings is 2. The summed E-state index contributed by atoms with van der Waals surface area (Å²) in [5, 5.41) is 1.16. The highest BCUT2D eigenvalue weighted by molar-refractivity contribution is 5.99. The fourth-order valence-corrected chi connectivity index (χ4v) is 7.57. The number of pyridine rings is 1. The first-order valence-electron chi connectivity index (χ1n) is 14.8. The second kappa shape index (κ2) is 11.7. The number of nitrogens with zero attached hydrogens (tertiary/aromatic N) is 2. The van der Waals surface area contributed by atoms with Crippen LogP contribution in [0.15, 0.2) is 85.3 Å². The maximum Gasteiger partial charge on any atom is 0.162 e. The molecule has 0 spiro atoms. The molecule has 2 fully saturated rings. The number of hydrogen-bond acceptors (Lipinski definition) is 2. The van der Waals surface area contributed by atoms with Gasteiger partial charge in [0.15, 0.2) is 5.78 Å². The third-order valence-corrected chi connectivity index (χ3v) is 9.46. The minimum absolute atomic E-state index is 0.275. The van der Waals surface area contributed by atoms with Crippen LogP contribution in [0.2, 0.25) is 0 Å². The van der Waals surface area contributed by atoms with Gasteiger partial charge >= 0.3 is 0 Å². The zero-order valence-corrected chi connectivity index (χ0v) is 22.5. The molecule has 0 saturated heterocycles. The first kappa shape index (κ1) is 25.1. The summed E-state index contributed by atoms with van der Waals surface area (Å²) in [5.41, 5.74) is 4.48. The molecule has 0 radical (unpaired) electrons. The molecule has 2 saturated carbocycles. The smallest absolute Gasteiger partial charge is 0.162 e. The van der Waals surface area contributed by atoms with E-state index in [4.69, 9.17) is 0 Å². The molecule has 38 heavy (non-hydrogen) atoms. The van der Waals surface area contributed by atoms with Crippen LogP contribution in [0.25, 0.3) is 16.6 Å². The van der Waals surface area contributed by atoms with Gasteiger partial charge in [-0.3, -0.25) is 9.78 Å². The van der Waals surface area contributed by atoms with E-state index in [9.17, 15) is 4.79 Å². The van der Waals surface area contributed by atoms with Crippen molar-refractivity contribution in [2.75, 3.05) is 0 Å². The first-order valence-corrected chi connectivity index (χ1v) is 14.8. The van der Waals surface area contributed by atoms with Gasteiger partial charge in [0.1, 0.15) is 0 Å². The van der Waals surface area contributed by atoms with Crippen LogP contribution >= 0.6 is 0 Å². The van der Waals surface area contributed by atoms with E-state index in [0.717, 1.165) is 52.2 Å². The van der Waals surface area contributed by atoms with Gasteiger partial charge in [-0.05, 0) is 110 Å². The second-order valence-electron chi connectivity index (χ2n) is 11.8. The predicted octanol–water partition coefficient (Wildman–Crippen LogP) is 8.84. The molecule has 0 aliphatic heterocycles. The molecule has 4 atom stereocenters. The molecule has 6 rings (SSSR count). The Balaban J connectivity index is 0.962. The van der Waals surface area contributed by atoms with Gasteiger partial charge in [0.25, 0.3) is 0 Å². The predicted molar refractivity (Wildman–Crippen MR) is 156 cm³/mol. The van der Waals surface area contributed by atoms with Gasteiger partial charge < -0.3 is 4.57 Å². The number of ketones is 1. The van der Waals surface area contributed by atoms with Crippen LogP contribution in [0, 0.1) is 23.7 Å². The van der Waals surface area contributed by atoms with Crippen molar-refractivity contribution >= 4 is 16.7 Å². The Morgan fingerprint density at radius 2 is 1.63 bits per heavy atom. The van der Waals surface area contributed by atoms with Gasteiger partial charge in [-0.2, -0.15) is 0 Å². The molecule has 3 nitrogen and oxygen atoms in total. The number of carbonyl (C=O) groups excluding carboxylic acids is 1. The highest BCUT2D eigenvalue weighted by Gasteiger charge is 2.41. The molecule has 0 N–H and O–H groups in total. The SMILES string of the molecule is O=C(CCCCC1C[C@H]2CC[C@@H](C1)C2CCCc1ccccc1)c1ccc2ccn(-c3ccncc3)c2c1. The fourth-order valence-electron chi connectivity index (χ4n) is 7.57. The van der Waals surface area contributed by atoms with E-state index in [1.54, 1.807) is 12.4 Å². The third-order valence-electron chi connectivity index (χ3n) is 9.46. The van der Waals surface area contributed by atoms with E-state index >= 15 is 0 Å². The molecule has 2 aromatic heterocycles. The number of unbranched alkanes of at least 4 members (excludes halogenated alkanes) is 1. The molecule has 2 heterocycles. The van der Waals surface area contributed by atoms with E-state index in [1.807, 2.05) is 18.2 Å². The minimum atomic E-state index is 0.275.